The Kier molecular flexibility index (Phi) is 4.07. The lowest BCUT2D eigenvalue weighted by molar-refractivity contribution is 0.0694. The molecule has 2 aromatic heterocycles. The van der Waals surface area contributed by atoms with Gasteiger partial charge in [0.1, 0.15) is 11.6 Å². The second-order valence-corrected chi connectivity index (χ2v) is 5.94. The molecule has 3 rings (SSSR count). The zero-order valence-electron chi connectivity index (χ0n) is 13.0. The van der Waals surface area contributed by atoms with Gasteiger partial charge in [-0.2, -0.15) is 0 Å². The molecule has 0 saturated carbocycles. The van der Waals surface area contributed by atoms with E-state index in [1.54, 1.807) is 0 Å². The van der Waals surface area contributed by atoms with E-state index in [0.29, 0.717) is 6.04 Å². The van der Waals surface area contributed by atoms with Crippen LogP contribution in [0.4, 0.5) is 0 Å². The topological polar surface area (TPSA) is 50.3 Å². The van der Waals surface area contributed by atoms with Gasteiger partial charge in [-0.05, 0) is 13.8 Å². The van der Waals surface area contributed by atoms with E-state index in [9.17, 15) is 0 Å². The Hall–Kier alpha value is -1.66. The maximum absolute atomic E-state index is 5.14. The number of imidazole rings is 1. The number of hydrogen-bond donors (Lipinski definition) is 0. The van der Waals surface area contributed by atoms with Gasteiger partial charge in [0.2, 0.25) is 0 Å². The van der Waals surface area contributed by atoms with Crippen LogP contribution in [0.15, 0.2) is 23.0 Å². The predicted octanol–water partition coefficient (Wildman–Crippen LogP) is 1.42. The van der Waals surface area contributed by atoms with E-state index in [1.165, 1.54) is 0 Å². The molecular formula is C15H23N5O. The number of hydrogen-bond acceptors (Lipinski definition) is 5. The van der Waals surface area contributed by atoms with Crippen molar-refractivity contribution in [3.05, 3.63) is 35.7 Å². The van der Waals surface area contributed by atoms with Gasteiger partial charge in [0.05, 0.1) is 12.2 Å². The minimum absolute atomic E-state index is 0.517. The number of nitrogens with zero attached hydrogens (tertiary/aromatic N) is 5. The SMILES string of the molecule is Cc1cc(CN2CCN(Cc3nccn3C)[C@@H](C)C2)no1. The summed E-state index contributed by atoms with van der Waals surface area (Å²) in [4.78, 5) is 9.35. The summed E-state index contributed by atoms with van der Waals surface area (Å²) in [5.74, 6) is 2.01. The molecule has 0 spiro atoms. The molecule has 0 radical (unpaired) electrons. The smallest absolute Gasteiger partial charge is 0.133 e. The van der Waals surface area contributed by atoms with Crippen molar-refractivity contribution in [3.63, 3.8) is 0 Å². The third kappa shape index (κ3) is 3.33. The number of rotatable bonds is 4. The average Bonchev–Trinajstić information content (AvgIpc) is 3.02. The van der Waals surface area contributed by atoms with Gasteiger partial charge in [-0.25, -0.2) is 4.98 Å². The van der Waals surface area contributed by atoms with Crippen LogP contribution in [0.1, 0.15) is 24.2 Å². The Morgan fingerprint density at radius 3 is 2.81 bits per heavy atom. The molecule has 2 aromatic rings. The molecule has 1 atom stereocenters. The van der Waals surface area contributed by atoms with Crippen LogP contribution in [0.5, 0.6) is 0 Å². The Morgan fingerprint density at radius 2 is 2.19 bits per heavy atom. The van der Waals surface area contributed by atoms with Crippen molar-refractivity contribution in [3.8, 4) is 0 Å². The van der Waals surface area contributed by atoms with Gasteiger partial charge in [-0.15, -0.1) is 0 Å². The van der Waals surface area contributed by atoms with Gasteiger partial charge in [-0.3, -0.25) is 9.80 Å². The summed E-state index contributed by atoms with van der Waals surface area (Å²) in [7, 11) is 2.05. The molecule has 0 bridgehead atoms. The van der Waals surface area contributed by atoms with Crippen molar-refractivity contribution in [2.24, 2.45) is 7.05 Å². The second kappa shape index (κ2) is 5.99. The average molecular weight is 289 g/mol. The highest BCUT2D eigenvalue weighted by Crippen LogP contribution is 2.15. The summed E-state index contributed by atoms with van der Waals surface area (Å²) in [6.45, 7) is 9.18. The van der Waals surface area contributed by atoms with Crippen LogP contribution in [0.2, 0.25) is 0 Å². The molecular weight excluding hydrogens is 266 g/mol. The third-order valence-electron chi connectivity index (χ3n) is 4.18. The van der Waals surface area contributed by atoms with Gasteiger partial charge >= 0.3 is 0 Å². The molecule has 0 aliphatic carbocycles. The largest absolute Gasteiger partial charge is 0.361 e. The maximum atomic E-state index is 5.14. The van der Waals surface area contributed by atoms with Crippen LogP contribution >= 0.6 is 0 Å². The first-order valence-corrected chi connectivity index (χ1v) is 7.46. The Labute approximate surface area is 125 Å². The van der Waals surface area contributed by atoms with Crippen molar-refractivity contribution in [2.45, 2.75) is 33.0 Å². The zero-order chi connectivity index (χ0) is 14.8. The van der Waals surface area contributed by atoms with Gasteiger partial charge in [0.15, 0.2) is 0 Å². The molecule has 1 aliphatic heterocycles. The minimum Gasteiger partial charge on any atom is -0.361 e. The van der Waals surface area contributed by atoms with Gasteiger partial charge in [0, 0.05) is 57.7 Å². The maximum Gasteiger partial charge on any atom is 0.133 e. The van der Waals surface area contributed by atoms with E-state index in [-0.39, 0.29) is 0 Å². The quantitative estimate of drug-likeness (QED) is 0.852. The van der Waals surface area contributed by atoms with Crippen molar-refractivity contribution in [2.75, 3.05) is 19.6 Å². The standard InChI is InChI=1S/C15H23N5O/c1-12-9-19(10-14-8-13(2)21-17-14)6-7-20(12)11-15-16-4-5-18(15)3/h4-5,8,12H,6-7,9-11H2,1-3H3/t12-/m0/s1. The van der Waals surface area contributed by atoms with Crippen molar-refractivity contribution in [1.82, 2.24) is 24.5 Å². The summed E-state index contributed by atoms with van der Waals surface area (Å²) in [6, 6.07) is 2.54. The molecule has 0 N–H and O–H groups in total. The Bertz CT molecular complexity index is 590. The van der Waals surface area contributed by atoms with Crippen LogP contribution in [-0.2, 0) is 20.1 Å². The van der Waals surface area contributed by atoms with Crippen molar-refractivity contribution < 1.29 is 4.52 Å². The van der Waals surface area contributed by atoms with Crippen LogP contribution in [-0.4, -0.2) is 50.2 Å². The van der Waals surface area contributed by atoms with Crippen LogP contribution in [0.25, 0.3) is 0 Å². The van der Waals surface area contributed by atoms with Gasteiger partial charge in [-0.1, -0.05) is 5.16 Å². The predicted molar refractivity (Wildman–Crippen MR) is 79.6 cm³/mol. The number of aryl methyl sites for hydroxylation is 2. The summed E-state index contributed by atoms with van der Waals surface area (Å²) in [5, 5.41) is 4.08. The molecule has 21 heavy (non-hydrogen) atoms. The summed E-state index contributed by atoms with van der Waals surface area (Å²) in [6.07, 6.45) is 3.87. The van der Waals surface area contributed by atoms with Crippen molar-refractivity contribution in [1.29, 1.82) is 0 Å². The number of piperazine rings is 1. The van der Waals surface area contributed by atoms with E-state index < -0.39 is 0 Å². The summed E-state index contributed by atoms with van der Waals surface area (Å²) < 4.78 is 7.23. The van der Waals surface area contributed by atoms with Gasteiger partial charge in [0.25, 0.3) is 0 Å². The van der Waals surface area contributed by atoms with Crippen LogP contribution in [0, 0.1) is 6.92 Å². The number of aromatic nitrogens is 3. The van der Waals surface area contributed by atoms with E-state index >= 15 is 0 Å². The molecule has 6 nitrogen and oxygen atoms in total. The summed E-state index contributed by atoms with van der Waals surface area (Å²) >= 11 is 0. The molecule has 0 unspecified atom stereocenters. The zero-order valence-corrected chi connectivity index (χ0v) is 13.0. The van der Waals surface area contributed by atoms with E-state index in [2.05, 4.69) is 38.5 Å². The summed E-state index contributed by atoms with van der Waals surface area (Å²) in [5.41, 5.74) is 1.03. The van der Waals surface area contributed by atoms with Crippen LogP contribution in [0.3, 0.4) is 0 Å². The van der Waals surface area contributed by atoms with Crippen LogP contribution < -0.4 is 0 Å². The van der Waals surface area contributed by atoms with E-state index in [1.807, 2.05) is 25.4 Å². The fourth-order valence-corrected chi connectivity index (χ4v) is 2.90. The lowest BCUT2D eigenvalue weighted by atomic mass is 10.2. The second-order valence-electron chi connectivity index (χ2n) is 5.94. The molecule has 1 aliphatic rings. The monoisotopic (exact) mass is 289 g/mol. The molecule has 114 valence electrons. The fraction of sp³-hybridized carbons (Fsp3) is 0.600. The third-order valence-corrected chi connectivity index (χ3v) is 4.18. The highest BCUT2D eigenvalue weighted by atomic mass is 16.5. The lowest BCUT2D eigenvalue weighted by Crippen LogP contribution is -2.51. The van der Waals surface area contributed by atoms with Gasteiger partial charge < -0.3 is 9.09 Å². The lowest BCUT2D eigenvalue weighted by Gasteiger charge is -2.39. The fourth-order valence-electron chi connectivity index (χ4n) is 2.90. The minimum atomic E-state index is 0.517. The molecule has 1 saturated heterocycles. The molecule has 1 fully saturated rings. The Morgan fingerprint density at radius 1 is 1.33 bits per heavy atom. The van der Waals surface area contributed by atoms with E-state index in [0.717, 1.165) is 50.0 Å². The first-order valence-electron chi connectivity index (χ1n) is 7.46. The molecule has 0 aromatic carbocycles. The molecule has 3 heterocycles. The molecule has 6 heteroatoms. The van der Waals surface area contributed by atoms with E-state index in [4.69, 9.17) is 4.52 Å². The highest BCUT2D eigenvalue weighted by Gasteiger charge is 2.25. The Balaban J connectivity index is 1.55. The highest BCUT2D eigenvalue weighted by molar-refractivity contribution is 5.03. The first kappa shape index (κ1) is 14.3. The normalized spacial score (nSPS) is 21.0. The van der Waals surface area contributed by atoms with Crippen molar-refractivity contribution >= 4 is 0 Å². The first-order chi connectivity index (χ1) is 10.1. The molecule has 0 amide bonds.